The largest absolute Gasteiger partial charge is 0.348 e. The van der Waals surface area contributed by atoms with Crippen molar-refractivity contribution in [3.8, 4) is 0 Å². The summed E-state index contributed by atoms with van der Waals surface area (Å²) < 4.78 is 25.5. The van der Waals surface area contributed by atoms with E-state index < -0.39 is 15.9 Å². The molecule has 3 rings (SSSR count). The number of rotatable bonds is 6. The van der Waals surface area contributed by atoms with Gasteiger partial charge < -0.3 is 5.32 Å². The fraction of sp³-hybridized carbons (Fsp3) is 0.381. The van der Waals surface area contributed by atoms with Gasteiger partial charge in [0.25, 0.3) is 0 Å². The van der Waals surface area contributed by atoms with E-state index in [1.54, 1.807) is 0 Å². The van der Waals surface area contributed by atoms with Crippen LogP contribution in [0.15, 0.2) is 36.4 Å². The number of amides is 1. The summed E-state index contributed by atoms with van der Waals surface area (Å²) in [5.74, 6) is -0.406. The third-order valence-corrected chi connectivity index (χ3v) is 6.65. The van der Waals surface area contributed by atoms with Gasteiger partial charge in [-0.05, 0) is 67.5 Å². The maximum Gasteiger partial charge on any atom is 0.241 e. The zero-order valence-electron chi connectivity index (χ0n) is 16.4. The number of sulfonamides is 1. The highest BCUT2D eigenvalue weighted by molar-refractivity contribution is 7.92. The summed E-state index contributed by atoms with van der Waals surface area (Å²) in [7, 11) is -3.70. The van der Waals surface area contributed by atoms with E-state index in [1.165, 1.54) is 42.2 Å². The normalized spacial score (nSPS) is 14.8. The molecule has 0 fully saturated rings. The number of nitrogens with one attached hydrogen (secondary N) is 1. The zero-order valence-corrected chi connectivity index (χ0v) is 18.7. The molecule has 8 heteroatoms. The molecule has 156 valence electrons. The van der Waals surface area contributed by atoms with Crippen molar-refractivity contribution in [3.05, 3.63) is 63.1 Å². The van der Waals surface area contributed by atoms with Crippen molar-refractivity contribution in [2.24, 2.45) is 0 Å². The van der Waals surface area contributed by atoms with Crippen LogP contribution in [0.25, 0.3) is 0 Å². The molecule has 1 atom stereocenters. The van der Waals surface area contributed by atoms with E-state index in [-0.39, 0.29) is 18.3 Å². The van der Waals surface area contributed by atoms with Crippen molar-refractivity contribution >= 4 is 44.8 Å². The SMILES string of the molecule is CC(NC(=O)CN(c1cc(Cl)cc(Cl)c1)S(C)(=O)=O)c1ccc2c(c1)CCCC2. The van der Waals surface area contributed by atoms with Gasteiger partial charge in [-0.25, -0.2) is 8.42 Å². The number of carbonyl (C=O) groups is 1. The van der Waals surface area contributed by atoms with E-state index in [0.29, 0.717) is 10.0 Å². The molecule has 0 saturated heterocycles. The Morgan fingerprint density at radius 1 is 1.07 bits per heavy atom. The number of aryl methyl sites for hydroxylation is 2. The molecule has 0 aromatic heterocycles. The average Bonchev–Trinajstić information content (AvgIpc) is 2.64. The fourth-order valence-electron chi connectivity index (χ4n) is 3.61. The van der Waals surface area contributed by atoms with Gasteiger partial charge in [-0.15, -0.1) is 0 Å². The summed E-state index contributed by atoms with van der Waals surface area (Å²) in [6.07, 6.45) is 5.60. The van der Waals surface area contributed by atoms with Gasteiger partial charge in [0.15, 0.2) is 0 Å². The van der Waals surface area contributed by atoms with Gasteiger partial charge in [-0.2, -0.15) is 0 Å². The van der Waals surface area contributed by atoms with E-state index in [0.717, 1.165) is 29.0 Å². The van der Waals surface area contributed by atoms with Crippen molar-refractivity contribution in [1.29, 1.82) is 0 Å². The average molecular weight is 455 g/mol. The van der Waals surface area contributed by atoms with Crippen LogP contribution in [0.3, 0.4) is 0 Å². The van der Waals surface area contributed by atoms with Crippen molar-refractivity contribution in [2.45, 2.75) is 38.6 Å². The first kappa shape index (κ1) is 21.9. The quantitative estimate of drug-likeness (QED) is 0.697. The van der Waals surface area contributed by atoms with Crippen molar-refractivity contribution < 1.29 is 13.2 Å². The number of nitrogens with zero attached hydrogens (tertiary/aromatic N) is 1. The number of hydrogen-bond acceptors (Lipinski definition) is 3. The minimum absolute atomic E-state index is 0.237. The summed E-state index contributed by atoms with van der Waals surface area (Å²) in [6.45, 7) is 1.54. The Hall–Kier alpha value is -1.76. The maximum atomic E-state index is 12.6. The molecule has 0 aliphatic heterocycles. The van der Waals surface area contributed by atoms with Crippen LogP contribution in [0.2, 0.25) is 10.0 Å². The molecule has 29 heavy (non-hydrogen) atoms. The lowest BCUT2D eigenvalue weighted by atomic mass is 9.89. The highest BCUT2D eigenvalue weighted by Crippen LogP contribution is 2.27. The number of hydrogen-bond donors (Lipinski definition) is 1. The topological polar surface area (TPSA) is 66.5 Å². The molecule has 5 nitrogen and oxygen atoms in total. The zero-order chi connectivity index (χ0) is 21.2. The van der Waals surface area contributed by atoms with Gasteiger partial charge in [0.2, 0.25) is 15.9 Å². The number of benzene rings is 2. The second-order valence-electron chi connectivity index (χ2n) is 7.42. The van der Waals surface area contributed by atoms with Crippen LogP contribution in [0.1, 0.15) is 42.5 Å². The van der Waals surface area contributed by atoms with Gasteiger partial charge >= 0.3 is 0 Å². The first-order valence-electron chi connectivity index (χ1n) is 9.48. The number of halogens is 2. The summed E-state index contributed by atoms with van der Waals surface area (Å²) in [6, 6.07) is 10.5. The summed E-state index contributed by atoms with van der Waals surface area (Å²) in [4.78, 5) is 12.6. The molecule has 1 N–H and O–H groups in total. The van der Waals surface area contributed by atoms with E-state index in [4.69, 9.17) is 23.2 Å². The second-order valence-corrected chi connectivity index (χ2v) is 10.2. The van der Waals surface area contributed by atoms with Crippen LogP contribution in [0.5, 0.6) is 0 Å². The molecule has 1 unspecified atom stereocenters. The Bertz CT molecular complexity index is 1000. The smallest absolute Gasteiger partial charge is 0.241 e. The van der Waals surface area contributed by atoms with Gasteiger partial charge in [0.1, 0.15) is 6.54 Å². The number of anilines is 1. The third-order valence-electron chi connectivity index (χ3n) is 5.07. The number of carbonyl (C=O) groups excluding carboxylic acids is 1. The number of fused-ring (bicyclic) bond motifs is 1. The molecule has 0 bridgehead atoms. The highest BCUT2D eigenvalue weighted by atomic mass is 35.5. The molecule has 2 aromatic carbocycles. The fourth-order valence-corrected chi connectivity index (χ4v) is 4.96. The molecule has 1 aliphatic carbocycles. The minimum Gasteiger partial charge on any atom is -0.348 e. The molecular weight excluding hydrogens is 431 g/mol. The lowest BCUT2D eigenvalue weighted by Crippen LogP contribution is -2.41. The van der Waals surface area contributed by atoms with Gasteiger partial charge in [-0.3, -0.25) is 9.10 Å². The maximum absolute atomic E-state index is 12.6. The van der Waals surface area contributed by atoms with Crippen molar-refractivity contribution in [2.75, 3.05) is 17.1 Å². The molecule has 0 heterocycles. The Morgan fingerprint density at radius 2 is 1.69 bits per heavy atom. The Morgan fingerprint density at radius 3 is 2.31 bits per heavy atom. The van der Waals surface area contributed by atoms with Crippen LogP contribution in [0, 0.1) is 0 Å². The Kier molecular flexibility index (Phi) is 6.76. The standard InChI is InChI=1S/C21H24Cl2N2O3S/c1-14(16-8-7-15-5-3-4-6-17(15)9-16)24-21(26)13-25(29(2,27)28)20-11-18(22)10-19(23)12-20/h7-12,14H,3-6,13H2,1-2H3,(H,24,26). The minimum atomic E-state index is -3.70. The van der Waals surface area contributed by atoms with E-state index in [9.17, 15) is 13.2 Å². The van der Waals surface area contributed by atoms with Crippen molar-refractivity contribution in [3.63, 3.8) is 0 Å². The highest BCUT2D eigenvalue weighted by Gasteiger charge is 2.23. The van der Waals surface area contributed by atoms with Crippen molar-refractivity contribution in [1.82, 2.24) is 5.32 Å². The Balaban J connectivity index is 1.75. The lowest BCUT2D eigenvalue weighted by Gasteiger charge is -2.24. The summed E-state index contributed by atoms with van der Waals surface area (Å²) >= 11 is 12.0. The third kappa shape index (κ3) is 5.65. The van der Waals surface area contributed by atoms with Crippen LogP contribution in [0.4, 0.5) is 5.69 Å². The van der Waals surface area contributed by atoms with E-state index >= 15 is 0 Å². The second kappa shape index (κ2) is 8.94. The molecule has 1 amide bonds. The first-order valence-corrected chi connectivity index (χ1v) is 12.1. The van der Waals surface area contributed by atoms with Gasteiger partial charge in [0.05, 0.1) is 18.0 Å². The summed E-state index contributed by atoms with van der Waals surface area (Å²) in [5.41, 5.74) is 3.97. The van der Waals surface area contributed by atoms with Crippen LogP contribution < -0.4 is 9.62 Å². The molecular formula is C21H24Cl2N2O3S. The van der Waals surface area contributed by atoms with E-state index in [2.05, 4.69) is 17.4 Å². The van der Waals surface area contributed by atoms with Crippen LogP contribution >= 0.6 is 23.2 Å². The molecule has 2 aromatic rings. The van der Waals surface area contributed by atoms with E-state index in [1.807, 2.05) is 13.0 Å². The lowest BCUT2D eigenvalue weighted by molar-refractivity contribution is -0.120. The summed E-state index contributed by atoms with van der Waals surface area (Å²) in [5, 5.41) is 3.48. The van der Waals surface area contributed by atoms with Crippen LogP contribution in [-0.2, 0) is 27.7 Å². The molecule has 0 radical (unpaired) electrons. The molecule has 0 spiro atoms. The predicted octanol–water partition coefficient (Wildman–Crippen LogP) is 4.52. The van der Waals surface area contributed by atoms with Gasteiger partial charge in [-0.1, -0.05) is 41.4 Å². The predicted molar refractivity (Wildman–Crippen MR) is 118 cm³/mol. The molecule has 0 saturated carbocycles. The monoisotopic (exact) mass is 454 g/mol. The van der Waals surface area contributed by atoms with Gasteiger partial charge in [0, 0.05) is 10.0 Å². The first-order chi connectivity index (χ1) is 13.6. The molecule has 1 aliphatic rings. The Labute approximate surface area is 182 Å². The van der Waals surface area contributed by atoms with Crippen LogP contribution in [-0.4, -0.2) is 27.1 Å².